The Morgan fingerprint density at radius 2 is 1.83 bits per heavy atom. The summed E-state index contributed by atoms with van der Waals surface area (Å²) in [5.41, 5.74) is 5.16. The molecule has 0 amide bonds. The molecule has 0 aliphatic rings. The number of nitrogens with zero attached hydrogens (tertiary/aromatic N) is 2. The third kappa shape index (κ3) is 2.75. The second-order valence-corrected chi connectivity index (χ2v) is 5.43. The quantitative estimate of drug-likeness (QED) is 0.834. The Morgan fingerprint density at radius 3 is 2.28 bits per heavy atom. The molecule has 18 heavy (non-hydrogen) atoms. The third-order valence-electron chi connectivity index (χ3n) is 2.53. The number of anilines is 2. The average molecular weight is 254 g/mol. The van der Waals surface area contributed by atoms with E-state index in [0.29, 0.717) is 6.54 Å². The van der Waals surface area contributed by atoms with Crippen LogP contribution in [0, 0.1) is 0 Å². The van der Waals surface area contributed by atoms with Crippen LogP contribution in [-0.2, 0) is 13.6 Å². The molecule has 0 radical (unpaired) electrons. The van der Waals surface area contributed by atoms with E-state index in [4.69, 9.17) is 5.73 Å². The first kappa shape index (κ1) is 14.3. The first-order valence-corrected chi connectivity index (χ1v) is 6.06. The number of hydrogen-bond donors (Lipinski definition) is 2. The molecular weight excluding hydrogens is 232 g/mol. The minimum atomic E-state index is -0.389. The van der Waals surface area contributed by atoms with Crippen molar-refractivity contribution in [1.29, 1.82) is 0 Å². The van der Waals surface area contributed by atoms with E-state index in [-0.39, 0.29) is 28.3 Å². The van der Waals surface area contributed by atoms with Crippen molar-refractivity contribution in [2.24, 2.45) is 7.05 Å². The largest absolute Gasteiger partial charge is 0.383 e. The summed E-state index contributed by atoms with van der Waals surface area (Å²) in [6, 6.07) is 0. The highest BCUT2D eigenvalue weighted by Gasteiger charge is 2.19. The van der Waals surface area contributed by atoms with Gasteiger partial charge in [-0.3, -0.25) is 13.9 Å². The van der Waals surface area contributed by atoms with Gasteiger partial charge in [-0.15, -0.1) is 0 Å². The zero-order chi connectivity index (χ0) is 14.1. The van der Waals surface area contributed by atoms with Crippen molar-refractivity contribution in [3.05, 3.63) is 20.8 Å². The summed E-state index contributed by atoms with van der Waals surface area (Å²) in [5.74, 6) is 0.208. The molecule has 0 aliphatic heterocycles. The second kappa shape index (κ2) is 4.88. The molecule has 102 valence electrons. The van der Waals surface area contributed by atoms with Crippen molar-refractivity contribution in [1.82, 2.24) is 9.13 Å². The van der Waals surface area contributed by atoms with Crippen LogP contribution in [0.3, 0.4) is 0 Å². The van der Waals surface area contributed by atoms with Crippen LogP contribution in [0.2, 0.25) is 0 Å². The van der Waals surface area contributed by atoms with E-state index in [9.17, 15) is 9.59 Å². The summed E-state index contributed by atoms with van der Waals surface area (Å²) in [4.78, 5) is 24.0. The molecule has 0 saturated heterocycles. The monoisotopic (exact) mass is 254 g/mol. The maximum Gasteiger partial charge on any atom is 0.332 e. The smallest absolute Gasteiger partial charge is 0.332 e. The molecule has 0 saturated carbocycles. The molecule has 0 unspecified atom stereocenters. The van der Waals surface area contributed by atoms with Gasteiger partial charge in [-0.05, 0) is 27.2 Å². The van der Waals surface area contributed by atoms with Gasteiger partial charge in [0, 0.05) is 19.1 Å². The Morgan fingerprint density at radius 1 is 1.28 bits per heavy atom. The van der Waals surface area contributed by atoms with Crippen molar-refractivity contribution in [2.45, 2.75) is 46.2 Å². The zero-order valence-electron chi connectivity index (χ0n) is 11.7. The van der Waals surface area contributed by atoms with Crippen molar-refractivity contribution in [3.63, 3.8) is 0 Å². The highest BCUT2D eigenvalue weighted by molar-refractivity contribution is 5.61. The van der Waals surface area contributed by atoms with Crippen molar-refractivity contribution >= 4 is 11.5 Å². The Labute approximate surface area is 106 Å². The molecule has 6 heteroatoms. The highest BCUT2D eigenvalue weighted by atomic mass is 16.2. The van der Waals surface area contributed by atoms with Gasteiger partial charge in [0.25, 0.3) is 5.56 Å². The summed E-state index contributed by atoms with van der Waals surface area (Å²) in [6.07, 6.45) is 0.775. The van der Waals surface area contributed by atoms with Gasteiger partial charge in [0.05, 0.1) is 0 Å². The topological polar surface area (TPSA) is 82.0 Å². The van der Waals surface area contributed by atoms with Crippen LogP contribution in [0.5, 0.6) is 0 Å². The van der Waals surface area contributed by atoms with Crippen molar-refractivity contribution < 1.29 is 0 Å². The fraction of sp³-hybridized carbons (Fsp3) is 0.667. The lowest BCUT2D eigenvalue weighted by Crippen LogP contribution is -2.42. The minimum absolute atomic E-state index is 0.208. The molecule has 0 fully saturated rings. The molecule has 1 aromatic heterocycles. The van der Waals surface area contributed by atoms with Crippen molar-refractivity contribution in [3.8, 4) is 0 Å². The Balaban J connectivity index is 3.52. The lowest BCUT2D eigenvalue weighted by molar-refractivity contribution is 0.588. The molecule has 0 aliphatic carbocycles. The lowest BCUT2D eigenvalue weighted by Gasteiger charge is -2.24. The maximum absolute atomic E-state index is 12.1. The molecular formula is C12H22N4O2. The van der Waals surface area contributed by atoms with Gasteiger partial charge in [-0.1, -0.05) is 6.92 Å². The zero-order valence-corrected chi connectivity index (χ0v) is 11.7. The molecule has 0 atom stereocenters. The molecule has 3 N–H and O–H groups in total. The predicted molar refractivity (Wildman–Crippen MR) is 74.0 cm³/mol. The summed E-state index contributed by atoms with van der Waals surface area (Å²) in [6.45, 7) is 8.24. The van der Waals surface area contributed by atoms with E-state index in [2.05, 4.69) is 5.32 Å². The highest BCUT2D eigenvalue weighted by Crippen LogP contribution is 2.16. The summed E-state index contributed by atoms with van der Waals surface area (Å²) >= 11 is 0. The first-order chi connectivity index (χ1) is 8.19. The fourth-order valence-corrected chi connectivity index (χ4v) is 1.72. The molecule has 0 bridgehead atoms. The van der Waals surface area contributed by atoms with Crippen LogP contribution in [-0.4, -0.2) is 14.7 Å². The summed E-state index contributed by atoms with van der Waals surface area (Å²) in [7, 11) is 1.46. The van der Waals surface area contributed by atoms with Crippen LogP contribution in [0.15, 0.2) is 9.59 Å². The predicted octanol–water partition coefficient (Wildman–Crippen LogP) is 0.750. The van der Waals surface area contributed by atoms with Crippen LogP contribution >= 0.6 is 0 Å². The summed E-state index contributed by atoms with van der Waals surface area (Å²) in [5, 5.41) is 3.07. The number of aromatic nitrogens is 2. The van der Waals surface area contributed by atoms with Gasteiger partial charge in [-0.25, -0.2) is 4.79 Å². The maximum atomic E-state index is 12.1. The van der Waals surface area contributed by atoms with E-state index < -0.39 is 0 Å². The van der Waals surface area contributed by atoms with E-state index in [0.717, 1.165) is 11.0 Å². The standard InChI is InChI=1S/C12H22N4O2/c1-6-7-16-9(13)8(14-12(2,3)4)10(17)15(5)11(16)18/h14H,6-7,13H2,1-5H3. The van der Waals surface area contributed by atoms with Gasteiger partial charge in [-0.2, -0.15) is 0 Å². The second-order valence-electron chi connectivity index (χ2n) is 5.43. The number of nitrogen functional groups attached to an aromatic ring is 1. The normalized spacial score (nSPS) is 11.6. The Bertz CT molecular complexity index is 549. The molecule has 1 aromatic rings. The van der Waals surface area contributed by atoms with E-state index in [1.54, 1.807) is 0 Å². The number of hydrogen-bond acceptors (Lipinski definition) is 4. The van der Waals surface area contributed by atoms with Crippen LogP contribution in [0.25, 0.3) is 0 Å². The minimum Gasteiger partial charge on any atom is -0.383 e. The van der Waals surface area contributed by atoms with Gasteiger partial charge < -0.3 is 11.1 Å². The molecule has 0 spiro atoms. The number of nitrogens with one attached hydrogen (secondary N) is 1. The first-order valence-electron chi connectivity index (χ1n) is 6.06. The molecule has 1 heterocycles. The fourth-order valence-electron chi connectivity index (χ4n) is 1.72. The molecule has 0 aromatic carbocycles. The number of rotatable bonds is 3. The van der Waals surface area contributed by atoms with E-state index in [1.165, 1.54) is 11.6 Å². The lowest BCUT2D eigenvalue weighted by atomic mass is 10.1. The van der Waals surface area contributed by atoms with Gasteiger partial charge >= 0.3 is 5.69 Å². The molecule has 6 nitrogen and oxygen atoms in total. The number of nitrogens with two attached hydrogens (primary N) is 1. The summed E-state index contributed by atoms with van der Waals surface area (Å²) < 4.78 is 2.51. The van der Waals surface area contributed by atoms with Crippen LogP contribution in [0.1, 0.15) is 34.1 Å². The Kier molecular flexibility index (Phi) is 3.88. The molecule has 1 rings (SSSR count). The third-order valence-corrected chi connectivity index (χ3v) is 2.53. The average Bonchev–Trinajstić information content (AvgIpc) is 2.26. The SMILES string of the molecule is CCCn1c(N)c(NC(C)(C)C)c(=O)n(C)c1=O. The van der Waals surface area contributed by atoms with Gasteiger partial charge in [0.1, 0.15) is 11.5 Å². The van der Waals surface area contributed by atoms with Crippen molar-refractivity contribution in [2.75, 3.05) is 11.1 Å². The van der Waals surface area contributed by atoms with E-state index >= 15 is 0 Å². The van der Waals surface area contributed by atoms with Crippen LogP contribution < -0.4 is 22.3 Å². The van der Waals surface area contributed by atoms with Crippen LogP contribution in [0.4, 0.5) is 11.5 Å². The van der Waals surface area contributed by atoms with E-state index in [1.807, 2.05) is 27.7 Å². The van der Waals surface area contributed by atoms with Gasteiger partial charge in [0.2, 0.25) is 0 Å². The van der Waals surface area contributed by atoms with Gasteiger partial charge in [0.15, 0.2) is 0 Å². The Hall–Kier alpha value is -1.72.